The van der Waals surface area contributed by atoms with Crippen molar-refractivity contribution >= 4 is 45.6 Å². The van der Waals surface area contributed by atoms with Gasteiger partial charge in [-0.05, 0) is 30.2 Å². The van der Waals surface area contributed by atoms with Crippen LogP contribution in [0.2, 0.25) is 0 Å². The summed E-state index contributed by atoms with van der Waals surface area (Å²) in [5, 5.41) is 8.19. The number of aromatic nitrogens is 3. The maximum absolute atomic E-state index is 12.9. The first kappa shape index (κ1) is 24.9. The van der Waals surface area contributed by atoms with E-state index in [1.807, 2.05) is 6.92 Å². The lowest BCUT2D eigenvalue weighted by molar-refractivity contribution is 0.0954. The molecule has 3 heterocycles. The van der Waals surface area contributed by atoms with Crippen molar-refractivity contribution in [3.05, 3.63) is 58.9 Å². The van der Waals surface area contributed by atoms with Crippen LogP contribution in [0.3, 0.4) is 0 Å². The van der Waals surface area contributed by atoms with E-state index in [0.717, 1.165) is 43.0 Å². The second kappa shape index (κ2) is 11.9. The SMILES string of the molecule is CCCNC(=O)c1cc(CCl)ccc1NC(=O)c1csc(N2CCC(Oc3ncccn3)CC2)n1. The Kier molecular flexibility index (Phi) is 8.49. The number of halogens is 1. The maximum Gasteiger partial charge on any atom is 0.316 e. The lowest BCUT2D eigenvalue weighted by atomic mass is 10.1. The van der Waals surface area contributed by atoms with Gasteiger partial charge in [0.05, 0.1) is 11.3 Å². The molecule has 11 heteroatoms. The first-order valence-corrected chi connectivity index (χ1v) is 12.9. The van der Waals surface area contributed by atoms with Crippen molar-refractivity contribution in [1.82, 2.24) is 20.3 Å². The Morgan fingerprint density at radius 2 is 1.97 bits per heavy atom. The van der Waals surface area contributed by atoms with Crippen molar-refractivity contribution < 1.29 is 14.3 Å². The molecule has 9 nitrogen and oxygen atoms in total. The largest absolute Gasteiger partial charge is 0.460 e. The third-order valence-corrected chi connectivity index (χ3v) is 6.73. The number of benzene rings is 1. The topological polar surface area (TPSA) is 109 Å². The minimum absolute atomic E-state index is 0.0459. The average Bonchev–Trinajstić information content (AvgIpc) is 3.39. The molecule has 2 N–H and O–H groups in total. The number of rotatable bonds is 9. The van der Waals surface area contributed by atoms with Gasteiger partial charge in [0.1, 0.15) is 11.8 Å². The molecule has 1 fully saturated rings. The Balaban J connectivity index is 1.38. The average molecular weight is 515 g/mol. The molecule has 35 heavy (non-hydrogen) atoms. The van der Waals surface area contributed by atoms with E-state index in [9.17, 15) is 9.59 Å². The van der Waals surface area contributed by atoms with Gasteiger partial charge in [0.25, 0.3) is 11.8 Å². The molecule has 1 aliphatic rings. The van der Waals surface area contributed by atoms with Crippen molar-refractivity contribution in [1.29, 1.82) is 0 Å². The first-order valence-electron chi connectivity index (χ1n) is 11.5. The normalized spacial score (nSPS) is 13.9. The molecule has 0 atom stereocenters. The zero-order chi connectivity index (χ0) is 24.6. The monoisotopic (exact) mass is 514 g/mol. The van der Waals surface area contributed by atoms with E-state index in [2.05, 4.69) is 30.5 Å². The zero-order valence-electron chi connectivity index (χ0n) is 19.4. The zero-order valence-corrected chi connectivity index (χ0v) is 20.9. The number of carbonyl (C=O) groups is 2. The van der Waals surface area contributed by atoms with Crippen LogP contribution in [0.15, 0.2) is 42.0 Å². The molecular weight excluding hydrogens is 488 g/mol. The number of piperidine rings is 1. The molecule has 3 aromatic rings. The summed E-state index contributed by atoms with van der Waals surface area (Å²) in [4.78, 5) is 40.5. The molecule has 4 rings (SSSR count). The van der Waals surface area contributed by atoms with Gasteiger partial charge < -0.3 is 20.3 Å². The van der Waals surface area contributed by atoms with E-state index in [-0.39, 0.29) is 23.8 Å². The van der Waals surface area contributed by atoms with E-state index in [0.29, 0.717) is 29.5 Å². The van der Waals surface area contributed by atoms with Gasteiger partial charge in [-0.25, -0.2) is 15.0 Å². The Bertz CT molecular complexity index is 1150. The summed E-state index contributed by atoms with van der Waals surface area (Å²) in [7, 11) is 0. The van der Waals surface area contributed by atoms with Crippen LogP contribution in [0.4, 0.5) is 10.8 Å². The van der Waals surface area contributed by atoms with E-state index < -0.39 is 0 Å². The minimum atomic E-state index is -0.366. The Morgan fingerprint density at radius 1 is 1.20 bits per heavy atom. The Labute approximate surface area is 212 Å². The van der Waals surface area contributed by atoms with Crippen molar-refractivity contribution in [2.75, 3.05) is 29.9 Å². The summed E-state index contributed by atoms with van der Waals surface area (Å²) in [6.07, 6.45) is 5.79. The van der Waals surface area contributed by atoms with E-state index in [1.165, 1.54) is 11.3 Å². The summed E-state index contributed by atoms with van der Waals surface area (Å²) in [6.45, 7) is 4.04. The minimum Gasteiger partial charge on any atom is -0.460 e. The highest BCUT2D eigenvalue weighted by Crippen LogP contribution is 2.26. The summed E-state index contributed by atoms with van der Waals surface area (Å²) in [6, 6.07) is 7.33. The van der Waals surface area contributed by atoms with E-state index in [4.69, 9.17) is 16.3 Å². The molecule has 1 aliphatic heterocycles. The van der Waals surface area contributed by atoms with Crippen molar-refractivity contribution in [2.24, 2.45) is 0 Å². The third kappa shape index (κ3) is 6.46. The number of nitrogens with zero attached hydrogens (tertiary/aromatic N) is 4. The van der Waals surface area contributed by atoms with Gasteiger partial charge in [0.15, 0.2) is 5.13 Å². The number of nitrogens with one attached hydrogen (secondary N) is 2. The predicted molar refractivity (Wildman–Crippen MR) is 137 cm³/mol. The molecular formula is C24H27ClN6O3S. The molecule has 0 bridgehead atoms. The van der Waals surface area contributed by atoms with E-state index in [1.54, 1.807) is 42.0 Å². The molecule has 0 radical (unpaired) electrons. The summed E-state index contributed by atoms with van der Waals surface area (Å²) < 4.78 is 5.85. The highest BCUT2D eigenvalue weighted by molar-refractivity contribution is 7.14. The molecule has 0 unspecified atom stereocenters. The third-order valence-electron chi connectivity index (χ3n) is 5.52. The van der Waals surface area contributed by atoms with Gasteiger partial charge >= 0.3 is 6.01 Å². The van der Waals surface area contributed by atoms with Gasteiger partial charge in [0, 0.05) is 56.1 Å². The van der Waals surface area contributed by atoms with Crippen LogP contribution in [0, 0.1) is 0 Å². The van der Waals surface area contributed by atoms with Gasteiger partial charge in [0.2, 0.25) is 0 Å². The lowest BCUT2D eigenvalue weighted by Crippen LogP contribution is -2.38. The Morgan fingerprint density at radius 3 is 2.69 bits per heavy atom. The quantitative estimate of drug-likeness (QED) is 0.413. The maximum atomic E-state index is 12.9. The number of hydrogen-bond donors (Lipinski definition) is 2. The van der Waals surface area contributed by atoms with Crippen LogP contribution in [-0.2, 0) is 5.88 Å². The molecule has 1 saturated heterocycles. The number of carbonyl (C=O) groups excluding carboxylic acids is 2. The summed E-state index contributed by atoms with van der Waals surface area (Å²) in [5.41, 5.74) is 1.91. The summed E-state index contributed by atoms with van der Waals surface area (Å²) in [5.74, 6) is -0.341. The number of hydrogen-bond acceptors (Lipinski definition) is 8. The number of amides is 2. The number of alkyl halides is 1. The molecule has 0 aliphatic carbocycles. The van der Waals surface area contributed by atoms with Gasteiger partial charge in [-0.15, -0.1) is 22.9 Å². The predicted octanol–water partition coefficient (Wildman–Crippen LogP) is 4.11. The second-order valence-electron chi connectivity index (χ2n) is 8.07. The first-order chi connectivity index (χ1) is 17.1. The second-order valence-corrected chi connectivity index (χ2v) is 9.18. The fourth-order valence-electron chi connectivity index (χ4n) is 3.67. The molecule has 2 amide bonds. The highest BCUT2D eigenvalue weighted by atomic mass is 35.5. The molecule has 2 aromatic heterocycles. The van der Waals surface area contributed by atoms with Crippen LogP contribution in [0.5, 0.6) is 6.01 Å². The molecule has 184 valence electrons. The van der Waals surface area contributed by atoms with Crippen molar-refractivity contribution in [2.45, 2.75) is 38.2 Å². The molecule has 0 spiro atoms. The fourth-order valence-corrected chi connectivity index (χ4v) is 4.69. The fraction of sp³-hybridized carbons (Fsp3) is 0.375. The Hall–Kier alpha value is -3.24. The van der Waals surface area contributed by atoms with Gasteiger partial charge in [-0.1, -0.05) is 13.0 Å². The van der Waals surface area contributed by atoms with E-state index >= 15 is 0 Å². The van der Waals surface area contributed by atoms with Crippen LogP contribution in [0.1, 0.15) is 52.6 Å². The van der Waals surface area contributed by atoms with Crippen molar-refractivity contribution in [3.63, 3.8) is 0 Å². The van der Waals surface area contributed by atoms with Crippen molar-refractivity contribution in [3.8, 4) is 6.01 Å². The molecule has 0 saturated carbocycles. The highest BCUT2D eigenvalue weighted by Gasteiger charge is 2.24. The smallest absolute Gasteiger partial charge is 0.316 e. The number of thiazole rings is 1. The van der Waals surface area contributed by atoms with Crippen LogP contribution in [0.25, 0.3) is 0 Å². The molecule has 1 aromatic carbocycles. The summed E-state index contributed by atoms with van der Waals surface area (Å²) >= 11 is 7.36. The van der Waals surface area contributed by atoms with Crippen LogP contribution < -0.4 is 20.3 Å². The standard InChI is InChI=1S/C24H27ClN6O3S/c1-2-8-26-21(32)18-13-16(14-25)4-5-19(18)29-22(33)20-15-35-24(30-20)31-11-6-17(7-12-31)34-23-27-9-3-10-28-23/h3-5,9-10,13,15,17H,2,6-8,11-12,14H2,1H3,(H,26,32)(H,29,33). The van der Waals surface area contributed by atoms with Crippen LogP contribution >= 0.6 is 22.9 Å². The van der Waals surface area contributed by atoms with Crippen LogP contribution in [-0.4, -0.2) is 52.5 Å². The lowest BCUT2D eigenvalue weighted by Gasteiger charge is -2.31. The number of ether oxygens (including phenoxy) is 1. The van der Waals surface area contributed by atoms with Gasteiger partial charge in [-0.2, -0.15) is 0 Å². The van der Waals surface area contributed by atoms with Gasteiger partial charge in [-0.3, -0.25) is 9.59 Å². The number of anilines is 2.